The van der Waals surface area contributed by atoms with Crippen LogP contribution >= 0.6 is 0 Å². The molecule has 2 bridgehead atoms. The molecule has 0 fully saturated rings. The van der Waals surface area contributed by atoms with Gasteiger partial charge in [-0.2, -0.15) is 0 Å². The highest BCUT2D eigenvalue weighted by atomic mass is 16.6. The third-order valence-electron chi connectivity index (χ3n) is 4.56. The summed E-state index contributed by atoms with van der Waals surface area (Å²) >= 11 is 0. The van der Waals surface area contributed by atoms with E-state index in [0.717, 1.165) is 12.0 Å². The number of ether oxygens (including phenoxy) is 2. The predicted molar refractivity (Wildman–Crippen MR) is 87.6 cm³/mol. The Kier molecular flexibility index (Phi) is 3.31. The van der Waals surface area contributed by atoms with E-state index in [0.29, 0.717) is 0 Å². The summed E-state index contributed by atoms with van der Waals surface area (Å²) in [5, 5.41) is 0. The first-order chi connectivity index (χ1) is 11.2. The molecule has 0 amide bonds. The van der Waals surface area contributed by atoms with E-state index in [1.54, 1.807) is 0 Å². The van der Waals surface area contributed by atoms with Crippen molar-refractivity contribution in [3.05, 3.63) is 77.4 Å². The molecule has 23 heavy (non-hydrogen) atoms. The molecule has 0 N–H and O–H groups in total. The van der Waals surface area contributed by atoms with Gasteiger partial charge < -0.3 is 9.47 Å². The van der Waals surface area contributed by atoms with Crippen LogP contribution in [0.3, 0.4) is 0 Å². The number of fused-ring (bicyclic) bond motifs is 5. The second-order valence-corrected chi connectivity index (χ2v) is 6.10. The number of hydrogen-bond acceptors (Lipinski definition) is 3. The van der Waals surface area contributed by atoms with Crippen LogP contribution in [0.1, 0.15) is 36.1 Å². The van der Waals surface area contributed by atoms with Crippen LogP contribution in [-0.2, 0) is 19.9 Å². The van der Waals surface area contributed by atoms with Crippen molar-refractivity contribution in [3.63, 3.8) is 0 Å². The standard InChI is InChI=1S/C20H18O3/c1-14(21)22-13-20-12-16(15-7-3-2-4-8-15)11-19(23-20)17-9-5-6-10-18(17)20/h2-10,12,19H,11,13H2,1H3/t19-,20-/m0/s1. The van der Waals surface area contributed by atoms with Crippen molar-refractivity contribution < 1.29 is 14.3 Å². The molecular weight excluding hydrogens is 288 g/mol. The van der Waals surface area contributed by atoms with Gasteiger partial charge in [0.25, 0.3) is 0 Å². The molecule has 2 heterocycles. The Bertz CT molecular complexity index is 778. The molecule has 2 aromatic rings. The molecule has 0 spiro atoms. The van der Waals surface area contributed by atoms with Crippen LogP contribution in [0.25, 0.3) is 5.57 Å². The Morgan fingerprint density at radius 1 is 1.17 bits per heavy atom. The second kappa shape index (κ2) is 5.36. The van der Waals surface area contributed by atoms with E-state index in [1.807, 2.05) is 30.3 Å². The van der Waals surface area contributed by atoms with Gasteiger partial charge in [-0.25, -0.2) is 0 Å². The maximum absolute atomic E-state index is 11.3. The molecule has 0 saturated carbocycles. The normalized spacial score (nSPS) is 24.7. The smallest absolute Gasteiger partial charge is 0.302 e. The van der Waals surface area contributed by atoms with E-state index in [-0.39, 0.29) is 18.7 Å². The summed E-state index contributed by atoms with van der Waals surface area (Å²) in [6, 6.07) is 18.5. The maximum Gasteiger partial charge on any atom is 0.302 e. The third kappa shape index (κ3) is 2.37. The summed E-state index contributed by atoms with van der Waals surface area (Å²) in [5.74, 6) is -0.288. The van der Waals surface area contributed by atoms with Gasteiger partial charge in [-0.1, -0.05) is 54.6 Å². The fraction of sp³-hybridized carbons (Fsp3) is 0.250. The van der Waals surface area contributed by atoms with Gasteiger partial charge in [0, 0.05) is 13.3 Å². The quantitative estimate of drug-likeness (QED) is 0.804. The minimum Gasteiger partial charge on any atom is -0.462 e. The van der Waals surface area contributed by atoms with Gasteiger partial charge in [-0.15, -0.1) is 0 Å². The lowest BCUT2D eigenvalue weighted by molar-refractivity contribution is -0.152. The number of carbonyl (C=O) groups excluding carboxylic acids is 1. The minimum atomic E-state index is -0.670. The summed E-state index contributed by atoms with van der Waals surface area (Å²) in [6.45, 7) is 1.64. The molecule has 0 radical (unpaired) electrons. The number of esters is 1. The topological polar surface area (TPSA) is 35.5 Å². The lowest BCUT2D eigenvalue weighted by Gasteiger charge is -2.32. The van der Waals surface area contributed by atoms with E-state index in [4.69, 9.17) is 9.47 Å². The monoisotopic (exact) mass is 306 g/mol. The van der Waals surface area contributed by atoms with Crippen molar-refractivity contribution in [2.45, 2.75) is 25.0 Å². The Labute approximate surface area is 135 Å². The number of carbonyl (C=O) groups is 1. The first kappa shape index (κ1) is 14.2. The van der Waals surface area contributed by atoms with Gasteiger partial charge in [0.05, 0.1) is 6.10 Å². The molecule has 0 saturated heterocycles. The van der Waals surface area contributed by atoms with E-state index < -0.39 is 5.60 Å². The lowest BCUT2D eigenvalue weighted by atomic mass is 9.90. The van der Waals surface area contributed by atoms with Crippen LogP contribution < -0.4 is 0 Å². The van der Waals surface area contributed by atoms with Crippen molar-refractivity contribution in [3.8, 4) is 0 Å². The van der Waals surface area contributed by atoms with Crippen LogP contribution in [0.15, 0.2) is 60.7 Å². The Hall–Kier alpha value is -2.39. The second-order valence-electron chi connectivity index (χ2n) is 6.10. The summed E-state index contributed by atoms with van der Waals surface area (Å²) in [5.41, 5.74) is 4.07. The summed E-state index contributed by atoms with van der Waals surface area (Å²) < 4.78 is 11.6. The zero-order chi connectivity index (χ0) is 15.9. The van der Waals surface area contributed by atoms with Crippen molar-refractivity contribution in [1.82, 2.24) is 0 Å². The summed E-state index contributed by atoms with van der Waals surface area (Å²) in [4.78, 5) is 11.3. The van der Waals surface area contributed by atoms with Crippen molar-refractivity contribution in [1.29, 1.82) is 0 Å². The van der Waals surface area contributed by atoms with Crippen LogP contribution in [0.4, 0.5) is 0 Å². The highest BCUT2D eigenvalue weighted by Gasteiger charge is 2.47. The average molecular weight is 306 g/mol. The molecule has 0 aromatic heterocycles. The fourth-order valence-corrected chi connectivity index (χ4v) is 3.56. The first-order valence-electron chi connectivity index (χ1n) is 7.86. The predicted octanol–water partition coefficient (Wildman–Crippen LogP) is 4.00. The zero-order valence-electron chi connectivity index (χ0n) is 13.0. The van der Waals surface area contributed by atoms with Gasteiger partial charge in [-0.3, -0.25) is 4.79 Å². The molecule has 2 atom stereocenters. The van der Waals surface area contributed by atoms with Crippen molar-refractivity contribution >= 4 is 11.5 Å². The highest BCUT2D eigenvalue weighted by Crippen LogP contribution is 2.52. The highest BCUT2D eigenvalue weighted by molar-refractivity contribution is 5.71. The first-order valence-corrected chi connectivity index (χ1v) is 7.86. The van der Waals surface area contributed by atoms with E-state index in [2.05, 4.69) is 30.3 Å². The fourth-order valence-electron chi connectivity index (χ4n) is 3.56. The number of rotatable bonds is 3. The molecule has 116 valence electrons. The molecule has 0 unspecified atom stereocenters. The Morgan fingerprint density at radius 2 is 1.91 bits per heavy atom. The van der Waals surface area contributed by atoms with E-state index in [9.17, 15) is 4.79 Å². The molecule has 2 aliphatic heterocycles. The molecule has 2 aliphatic rings. The van der Waals surface area contributed by atoms with Crippen molar-refractivity contribution in [2.24, 2.45) is 0 Å². The number of hydrogen-bond donors (Lipinski definition) is 0. The SMILES string of the molecule is CC(=O)OC[C@]12C=C(c3ccccc3)C[C@H](O1)c1ccccc12. The van der Waals surface area contributed by atoms with Gasteiger partial charge in [0.1, 0.15) is 12.2 Å². The number of benzene rings is 2. The van der Waals surface area contributed by atoms with Crippen LogP contribution in [0, 0.1) is 0 Å². The summed E-state index contributed by atoms with van der Waals surface area (Å²) in [7, 11) is 0. The van der Waals surface area contributed by atoms with Crippen LogP contribution in [0.5, 0.6) is 0 Å². The molecular formula is C20H18O3. The van der Waals surface area contributed by atoms with Gasteiger partial charge >= 0.3 is 5.97 Å². The van der Waals surface area contributed by atoms with Gasteiger partial charge in [0.2, 0.25) is 0 Å². The van der Waals surface area contributed by atoms with Gasteiger partial charge in [0.15, 0.2) is 0 Å². The molecule has 4 rings (SSSR count). The molecule has 2 aromatic carbocycles. The van der Waals surface area contributed by atoms with E-state index in [1.165, 1.54) is 23.6 Å². The van der Waals surface area contributed by atoms with Crippen molar-refractivity contribution in [2.75, 3.05) is 6.61 Å². The lowest BCUT2D eigenvalue weighted by Crippen LogP contribution is -2.32. The summed E-state index contributed by atoms with van der Waals surface area (Å²) in [6.07, 6.45) is 2.98. The van der Waals surface area contributed by atoms with Crippen LogP contribution in [0.2, 0.25) is 0 Å². The Morgan fingerprint density at radius 3 is 2.70 bits per heavy atom. The minimum absolute atomic E-state index is 0.0157. The third-order valence-corrected chi connectivity index (χ3v) is 4.56. The molecule has 3 nitrogen and oxygen atoms in total. The molecule has 3 heteroatoms. The molecule has 0 aliphatic carbocycles. The van der Waals surface area contributed by atoms with E-state index >= 15 is 0 Å². The van der Waals surface area contributed by atoms with Gasteiger partial charge in [-0.05, 0) is 28.3 Å². The average Bonchev–Trinajstić information content (AvgIpc) is 2.82. The Balaban J connectivity index is 1.81. The van der Waals surface area contributed by atoms with Crippen LogP contribution in [-0.4, -0.2) is 12.6 Å². The zero-order valence-corrected chi connectivity index (χ0v) is 13.0. The largest absolute Gasteiger partial charge is 0.462 e. The maximum atomic E-state index is 11.3.